The van der Waals surface area contributed by atoms with Crippen molar-refractivity contribution in [3.05, 3.63) is 29.0 Å². The van der Waals surface area contributed by atoms with E-state index >= 15 is 0 Å². The highest BCUT2D eigenvalue weighted by Crippen LogP contribution is 2.44. The van der Waals surface area contributed by atoms with Crippen LogP contribution in [0.15, 0.2) is 18.2 Å². The Morgan fingerprint density at radius 1 is 1.45 bits per heavy atom. The third kappa shape index (κ3) is 1.24. The quantitative estimate of drug-likeness (QED) is 0.650. The second-order valence-electron chi connectivity index (χ2n) is 2.88. The van der Waals surface area contributed by atoms with Gasteiger partial charge in [0.1, 0.15) is 10.8 Å². The predicted octanol–water partition coefficient (Wildman–Crippen LogP) is 1.72. The smallest absolute Gasteiger partial charge is 0.129 e. The van der Waals surface area contributed by atoms with E-state index in [1.165, 1.54) is 0 Å². The molecule has 0 unspecified atom stereocenters. The molecule has 0 saturated heterocycles. The average molecular weight is 170 g/mol. The first kappa shape index (κ1) is 7.07. The lowest BCUT2D eigenvalue weighted by atomic mass is 10.2. The zero-order valence-corrected chi connectivity index (χ0v) is 6.67. The summed E-state index contributed by atoms with van der Waals surface area (Å²) in [6.45, 7) is 0. The molecule has 0 aromatic carbocycles. The number of aromatic nitrogens is 1. The van der Waals surface area contributed by atoms with Gasteiger partial charge < -0.3 is 5.11 Å². The topological polar surface area (TPSA) is 33.1 Å². The Hall–Kier alpha value is -0.600. The van der Waals surface area contributed by atoms with Crippen molar-refractivity contribution in [2.24, 2.45) is 0 Å². The molecule has 1 heterocycles. The molecule has 0 bridgehead atoms. The molecule has 11 heavy (non-hydrogen) atoms. The van der Waals surface area contributed by atoms with Crippen LogP contribution in [-0.4, -0.2) is 10.1 Å². The molecule has 1 fully saturated rings. The molecule has 1 aliphatic rings. The van der Waals surface area contributed by atoms with E-state index in [2.05, 4.69) is 4.98 Å². The molecule has 3 heteroatoms. The van der Waals surface area contributed by atoms with E-state index in [0.29, 0.717) is 10.8 Å². The van der Waals surface area contributed by atoms with Crippen molar-refractivity contribution in [3.8, 4) is 0 Å². The zero-order valence-electron chi connectivity index (χ0n) is 5.92. The second-order valence-corrected chi connectivity index (χ2v) is 3.26. The predicted molar refractivity (Wildman–Crippen MR) is 42.4 cm³/mol. The molecule has 0 spiro atoms. The highest BCUT2D eigenvalue weighted by Gasteiger charge is 2.43. The summed E-state index contributed by atoms with van der Waals surface area (Å²) in [7, 11) is 0. The van der Waals surface area contributed by atoms with Gasteiger partial charge in [-0.25, -0.2) is 4.98 Å². The zero-order chi connectivity index (χ0) is 7.90. The fourth-order valence-corrected chi connectivity index (χ4v) is 1.21. The van der Waals surface area contributed by atoms with Crippen molar-refractivity contribution in [1.82, 2.24) is 4.98 Å². The third-order valence-electron chi connectivity index (χ3n) is 1.92. The SMILES string of the molecule is OC1(c2cccc(Cl)n2)CC1. The van der Waals surface area contributed by atoms with Gasteiger partial charge in [-0.2, -0.15) is 0 Å². The van der Waals surface area contributed by atoms with Crippen LogP contribution in [0.3, 0.4) is 0 Å². The summed E-state index contributed by atoms with van der Waals surface area (Å²) in [5.74, 6) is 0. The standard InChI is InChI=1S/C8H8ClNO/c9-7-3-1-2-6(10-7)8(11)4-5-8/h1-3,11H,4-5H2. The van der Waals surface area contributed by atoms with Crippen molar-refractivity contribution in [1.29, 1.82) is 0 Å². The van der Waals surface area contributed by atoms with Crippen LogP contribution in [0, 0.1) is 0 Å². The van der Waals surface area contributed by atoms with Crippen LogP contribution < -0.4 is 0 Å². The number of hydrogen-bond donors (Lipinski definition) is 1. The molecule has 1 aromatic rings. The molecule has 0 radical (unpaired) electrons. The Morgan fingerprint density at radius 2 is 2.18 bits per heavy atom. The molecule has 0 amide bonds. The number of hydrogen-bond acceptors (Lipinski definition) is 2. The summed E-state index contributed by atoms with van der Waals surface area (Å²) in [6, 6.07) is 5.32. The number of pyridine rings is 1. The molecule has 0 atom stereocenters. The second kappa shape index (κ2) is 2.19. The number of aliphatic hydroxyl groups is 1. The molecule has 1 saturated carbocycles. The molecule has 1 aliphatic carbocycles. The Morgan fingerprint density at radius 3 is 2.73 bits per heavy atom. The van der Waals surface area contributed by atoms with Crippen molar-refractivity contribution < 1.29 is 5.11 Å². The Bertz CT molecular complexity index is 283. The lowest BCUT2D eigenvalue weighted by Gasteiger charge is -2.05. The average Bonchev–Trinajstić information content (AvgIpc) is 2.70. The maximum Gasteiger partial charge on any atom is 0.129 e. The van der Waals surface area contributed by atoms with Crippen LogP contribution >= 0.6 is 11.6 Å². The number of nitrogens with zero attached hydrogens (tertiary/aromatic N) is 1. The van der Waals surface area contributed by atoms with Gasteiger partial charge in [-0.15, -0.1) is 0 Å². The molecule has 1 aromatic heterocycles. The van der Waals surface area contributed by atoms with Crippen LogP contribution in [0.25, 0.3) is 0 Å². The maximum absolute atomic E-state index is 9.60. The number of halogens is 1. The molecule has 1 N–H and O–H groups in total. The highest BCUT2D eigenvalue weighted by atomic mass is 35.5. The maximum atomic E-state index is 9.60. The molecule has 2 nitrogen and oxygen atoms in total. The largest absolute Gasteiger partial charge is 0.384 e. The van der Waals surface area contributed by atoms with Gasteiger partial charge in [0, 0.05) is 0 Å². The van der Waals surface area contributed by atoms with E-state index in [9.17, 15) is 5.11 Å². The van der Waals surface area contributed by atoms with Crippen molar-refractivity contribution in [3.63, 3.8) is 0 Å². The normalized spacial score (nSPS) is 19.8. The summed E-state index contributed by atoms with van der Waals surface area (Å²) in [5, 5.41) is 10.1. The highest BCUT2D eigenvalue weighted by molar-refractivity contribution is 6.29. The van der Waals surface area contributed by atoms with Crippen LogP contribution in [-0.2, 0) is 5.60 Å². The van der Waals surface area contributed by atoms with Gasteiger partial charge in [-0.05, 0) is 25.0 Å². The van der Waals surface area contributed by atoms with Gasteiger partial charge in [-0.3, -0.25) is 0 Å². The van der Waals surface area contributed by atoms with Crippen molar-refractivity contribution in [2.45, 2.75) is 18.4 Å². The molecule has 0 aliphatic heterocycles. The summed E-state index contributed by atoms with van der Waals surface area (Å²) < 4.78 is 0. The Labute approximate surface area is 69.8 Å². The van der Waals surface area contributed by atoms with Crippen LogP contribution in [0.1, 0.15) is 18.5 Å². The lowest BCUT2D eigenvalue weighted by molar-refractivity contribution is 0.146. The molecular weight excluding hydrogens is 162 g/mol. The van der Waals surface area contributed by atoms with Gasteiger partial charge in [-0.1, -0.05) is 17.7 Å². The van der Waals surface area contributed by atoms with Crippen LogP contribution in [0.4, 0.5) is 0 Å². The minimum Gasteiger partial charge on any atom is -0.384 e. The lowest BCUT2D eigenvalue weighted by Crippen LogP contribution is -2.06. The first-order valence-corrected chi connectivity index (χ1v) is 3.94. The molecular formula is C8H8ClNO. The van der Waals surface area contributed by atoms with Crippen LogP contribution in [0.2, 0.25) is 5.15 Å². The van der Waals surface area contributed by atoms with Gasteiger partial charge in [0.05, 0.1) is 5.69 Å². The summed E-state index contributed by atoms with van der Waals surface area (Å²) in [4.78, 5) is 4.02. The van der Waals surface area contributed by atoms with Crippen LogP contribution in [0.5, 0.6) is 0 Å². The van der Waals surface area contributed by atoms with E-state index in [4.69, 9.17) is 11.6 Å². The number of rotatable bonds is 1. The third-order valence-corrected chi connectivity index (χ3v) is 2.13. The minimum atomic E-state index is -0.662. The van der Waals surface area contributed by atoms with Gasteiger partial charge in [0.15, 0.2) is 0 Å². The van der Waals surface area contributed by atoms with Gasteiger partial charge >= 0.3 is 0 Å². The van der Waals surface area contributed by atoms with E-state index in [0.717, 1.165) is 12.8 Å². The van der Waals surface area contributed by atoms with Crippen molar-refractivity contribution in [2.75, 3.05) is 0 Å². The van der Waals surface area contributed by atoms with Gasteiger partial charge in [0.2, 0.25) is 0 Å². The van der Waals surface area contributed by atoms with E-state index in [1.54, 1.807) is 18.2 Å². The summed E-state index contributed by atoms with van der Waals surface area (Å²) in [6.07, 6.45) is 1.61. The Balaban J connectivity index is 2.38. The van der Waals surface area contributed by atoms with E-state index < -0.39 is 5.60 Å². The first-order valence-electron chi connectivity index (χ1n) is 3.56. The van der Waals surface area contributed by atoms with E-state index in [1.807, 2.05) is 0 Å². The van der Waals surface area contributed by atoms with E-state index in [-0.39, 0.29) is 0 Å². The minimum absolute atomic E-state index is 0.447. The fourth-order valence-electron chi connectivity index (χ4n) is 1.04. The monoisotopic (exact) mass is 169 g/mol. The molecule has 2 rings (SSSR count). The summed E-state index contributed by atoms with van der Waals surface area (Å²) >= 11 is 5.66. The van der Waals surface area contributed by atoms with Crippen molar-refractivity contribution >= 4 is 11.6 Å². The molecule has 58 valence electrons. The Kier molecular flexibility index (Phi) is 1.41. The first-order chi connectivity index (χ1) is 5.21. The van der Waals surface area contributed by atoms with Gasteiger partial charge in [0.25, 0.3) is 0 Å². The fraction of sp³-hybridized carbons (Fsp3) is 0.375. The summed E-state index contributed by atoms with van der Waals surface area (Å²) in [5.41, 5.74) is 0.0373.